The lowest BCUT2D eigenvalue weighted by atomic mass is 10.2. The van der Waals surface area contributed by atoms with Gasteiger partial charge in [-0.25, -0.2) is 0 Å². The van der Waals surface area contributed by atoms with E-state index >= 15 is 0 Å². The van der Waals surface area contributed by atoms with E-state index in [2.05, 4.69) is 15.9 Å². The Morgan fingerprint density at radius 3 is 2.67 bits per heavy atom. The van der Waals surface area contributed by atoms with E-state index in [1.54, 1.807) is 6.07 Å². The van der Waals surface area contributed by atoms with Gasteiger partial charge in [0.05, 0.1) is 6.61 Å². The molecular formula is C17H13BrO3. The standard InChI is InChI=1S/C17H13BrO3/c18-14-7-3-1-6-13(14)10-20-11-15(19)17-9-12-5-2-4-8-16(12)21-17/h1-9H,10-11H2. The number of hydrogen-bond donors (Lipinski definition) is 0. The molecule has 0 atom stereocenters. The van der Waals surface area contributed by atoms with Crippen molar-refractivity contribution < 1.29 is 13.9 Å². The fraction of sp³-hybridized carbons (Fsp3) is 0.118. The van der Waals surface area contributed by atoms with Gasteiger partial charge in [-0.05, 0) is 23.8 Å². The molecule has 0 fully saturated rings. The third-order valence-electron chi connectivity index (χ3n) is 3.15. The van der Waals surface area contributed by atoms with Crippen LogP contribution in [0.5, 0.6) is 0 Å². The number of rotatable bonds is 5. The Morgan fingerprint density at radius 1 is 1.10 bits per heavy atom. The van der Waals surface area contributed by atoms with Crippen LogP contribution in [0.4, 0.5) is 0 Å². The summed E-state index contributed by atoms with van der Waals surface area (Å²) >= 11 is 3.45. The molecule has 4 heteroatoms. The van der Waals surface area contributed by atoms with E-state index in [4.69, 9.17) is 9.15 Å². The number of ether oxygens (including phenoxy) is 1. The summed E-state index contributed by atoms with van der Waals surface area (Å²) in [6, 6.07) is 17.1. The summed E-state index contributed by atoms with van der Waals surface area (Å²) in [5.41, 5.74) is 1.72. The van der Waals surface area contributed by atoms with Gasteiger partial charge in [-0.3, -0.25) is 4.79 Å². The average Bonchev–Trinajstić information content (AvgIpc) is 2.93. The number of carbonyl (C=O) groups is 1. The zero-order valence-corrected chi connectivity index (χ0v) is 12.8. The molecule has 0 N–H and O–H groups in total. The van der Waals surface area contributed by atoms with Crippen LogP contribution < -0.4 is 0 Å². The van der Waals surface area contributed by atoms with Crippen LogP contribution in [0.1, 0.15) is 16.1 Å². The van der Waals surface area contributed by atoms with E-state index in [1.807, 2.05) is 48.5 Å². The minimum absolute atomic E-state index is 0.00115. The number of Topliss-reactive ketones (excluding diaryl/α,β-unsaturated/α-hetero) is 1. The van der Waals surface area contributed by atoms with Crippen molar-refractivity contribution in [2.45, 2.75) is 6.61 Å². The Hall–Kier alpha value is -1.91. The Kier molecular flexibility index (Phi) is 4.18. The summed E-state index contributed by atoms with van der Waals surface area (Å²) in [4.78, 5) is 12.1. The summed E-state index contributed by atoms with van der Waals surface area (Å²) in [5.74, 6) is 0.182. The fourth-order valence-electron chi connectivity index (χ4n) is 2.06. The molecule has 21 heavy (non-hydrogen) atoms. The Labute approximate surface area is 130 Å². The summed E-state index contributed by atoms with van der Waals surface area (Å²) in [5, 5.41) is 0.923. The van der Waals surface area contributed by atoms with Crippen molar-refractivity contribution in [3.05, 3.63) is 70.4 Å². The number of ketones is 1. The maximum Gasteiger partial charge on any atom is 0.223 e. The highest BCUT2D eigenvalue weighted by Crippen LogP contribution is 2.20. The first kappa shape index (κ1) is 14.0. The molecular weight excluding hydrogens is 332 g/mol. The van der Waals surface area contributed by atoms with Gasteiger partial charge in [0.25, 0.3) is 0 Å². The molecule has 0 aliphatic heterocycles. The molecule has 3 nitrogen and oxygen atoms in total. The summed E-state index contributed by atoms with van der Waals surface area (Å²) in [6.45, 7) is 0.383. The Morgan fingerprint density at radius 2 is 1.86 bits per heavy atom. The largest absolute Gasteiger partial charge is 0.453 e. The minimum Gasteiger partial charge on any atom is -0.453 e. The van der Waals surface area contributed by atoms with E-state index in [9.17, 15) is 4.79 Å². The Bertz CT molecular complexity index is 743. The van der Waals surface area contributed by atoms with Gasteiger partial charge in [0.15, 0.2) is 5.76 Å². The number of hydrogen-bond acceptors (Lipinski definition) is 3. The molecule has 0 amide bonds. The van der Waals surface area contributed by atoms with Crippen molar-refractivity contribution in [2.75, 3.05) is 6.61 Å². The predicted molar refractivity (Wildman–Crippen MR) is 84.3 cm³/mol. The number of benzene rings is 2. The average molecular weight is 345 g/mol. The first-order chi connectivity index (χ1) is 10.2. The predicted octanol–water partition coefficient (Wildman–Crippen LogP) is 4.59. The number of fused-ring (bicyclic) bond motifs is 1. The van der Waals surface area contributed by atoms with Gasteiger partial charge in [0.2, 0.25) is 5.78 Å². The highest BCUT2D eigenvalue weighted by atomic mass is 79.9. The first-order valence-corrected chi connectivity index (χ1v) is 7.36. The first-order valence-electron chi connectivity index (χ1n) is 6.57. The van der Waals surface area contributed by atoms with Gasteiger partial charge >= 0.3 is 0 Å². The van der Waals surface area contributed by atoms with E-state index in [0.717, 1.165) is 15.4 Å². The van der Waals surface area contributed by atoms with Gasteiger partial charge in [0, 0.05) is 9.86 Å². The maximum absolute atomic E-state index is 12.1. The van der Waals surface area contributed by atoms with Crippen molar-refractivity contribution in [3.8, 4) is 0 Å². The highest BCUT2D eigenvalue weighted by Gasteiger charge is 2.12. The minimum atomic E-state index is -0.154. The second-order valence-corrected chi connectivity index (χ2v) is 5.51. The van der Waals surface area contributed by atoms with Crippen molar-refractivity contribution >= 4 is 32.7 Å². The molecule has 0 saturated carbocycles. The maximum atomic E-state index is 12.1. The van der Waals surface area contributed by atoms with Crippen LogP contribution in [0.25, 0.3) is 11.0 Å². The number of halogens is 1. The molecule has 0 bridgehead atoms. The summed E-state index contributed by atoms with van der Waals surface area (Å²) in [6.07, 6.45) is 0. The molecule has 0 unspecified atom stereocenters. The number of carbonyl (C=O) groups excluding carboxylic acids is 1. The van der Waals surface area contributed by atoms with Crippen LogP contribution >= 0.6 is 15.9 Å². The van der Waals surface area contributed by atoms with Gasteiger partial charge in [-0.1, -0.05) is 52.3 Å². The van der Waals surface area contributed by atoms with Crippen molar-refractivity contribution in [3.63, 3.8) is 0 Å². The lowest BCUT2D eigenvalue weighted by Gasteiger charge is -2.04. The number of para-hydroxylation sites is 1. The number of furan rings is 1. The Balaban J connectivity index is 1.63. The van der Waals surface area contributed by atoms with Crippen molar-refractivity contribution in [2.24, 2.45) is 0 Å². The van der Waals surface area contributed by atoms with Crippen LogP contribution in [0.3, 0.4) is 0 Å². The topological polar surface area (TPSA) is 39.4 Å². The third kappa shape index (κ3) is 3.23. The molecule has 1 aromatic heterocycles. The van der Waals surface area contributed by atoms with Gasteiger partial charge in [0.1, 0.15) is 12.2 Å². The molecule has 0 spiro atoms. The quantitative estimate of drug-likeness (QED) is 0.635. The van der Waals surface area contributed by atoms with Gasteiger partial charge < -0.3 is 9.15 Å². The molecule has 0 aliphatic rings. The molecule has 3 aromatic rings. The SMILES string of the molecule is O=C(COCc1ccccc1Br)c1cc2ccccc2o1. The van der Waals surface area contributed by atoms with Crippen molar-refractivity contribution in [1.82, 2.24) is 0 Å². The van der Waals surface area contributed by atoms with E-state index in [-0.39, 0.29) is 12.4 Å². The van der Waals surface area contributed by atoms with Crippen molar-refractivity contribution in [1.29, 1.82) is 0 Å². The van der Waals surface area contributed by atoms with Crippen LogP contribution in [0.15, 0.2) is 63.5 Å². The molecule has 2 aromatic carbocycles. The zero-order chi connectivity index (χ0) is 14.7. The molecule has 1 heterocycles. The highest BCUT2D eigenvalue weighted by molar-refractivity contribution is 9.10. The van der Waals surface area contributed by atoms with E-state index < -0.39 is 0 Å². The lowest BCUT2D eigenvalue weighted by Crippen LogP contribution is -2.08. The molecule has 0 radical (unpaired) electrons. The van der Waals surface area contributed by atoms with Crippen LogP contribution in [0.2, 0.25) is 0 Å². The molecule has 106 valence electrons. The van der Waals surface area contributed by atoms with Crippen LogP contribution in [-0.2, 0) is 11.3 Å². The molecule has 0 saturated heterocycles. The van der Waals surface area contributed by atoms with Crippen LogP contribution in [0, 0.1) is 0 Å². The molecule has 3 rings (SSSR count). The second-order valence-electron chi connectivity index (χ2n) is 4.66. The van der Waals surface area contributed by atoms with Gasteiger partial charge in [-0.2, -0.15) is 0 Å². The smallest absolute Gasteiger partial charge is 0.223 e. The van der Waals surface area contributed by atoms with Gasteiger partial charge in [-0.15, -0.1) is 0 Å². The summed E-state index contributed by atoms with van der Waals surface area (Å²) < 4.78 is 12.0. The lowest BCUT2D eigenvalue weighted by molar-refractivity contribution is 0.0701. The second kappa shape index (κ2) is 6.24. The third-order valence-corrected chi connectivity index (χ3v) is 3.92. The summed E-state index contributed by atoms with van der Waals surface area (Å²) in [7, 11) is 0. The monoisotopic (exact) mass is 344 g/mol. The zero-order valence-electron chi connectivity index (χ0n) is 11.2. The normalized spacial score (nSPS) is 10.9. The fourth-order valence-corrected chi connectivity index (χ4v) is 2.46. The van der Waals surface area contributed by atoms with E-state index in [0.29, 0.717) is 18.0 Å². The van der Waals surface area contributed by atoms with E-state index in [1.165, 1.54) is 0 Å². The molecule has 0 aliphatic carbocycles. The van der Waals surface area contributed by atoms with Crippen LogP contribution in [-0.4, -0.2) is 12.4 Å².